The Labute approximate surface area is 271 Å². The summed E-state index contributed by atoms with van der Waals surface area (Å²) in [5.41, 5.74) is 0.00166. The fraction of sp³-hybridized carbons (Fsp3) is 0.515. The minimum Gasteiger partial charge on any atom is -0.550 e. The Bertz CT molecular complexity index is 1350. The SMILES string of the molecule is C=C(C)C(=O)OCCC1(C(=O)OCC2CO2)CCC(C(=O)[O-])CC1.C=CC(=O)OCCc1cc(C(=O)[O-])ccc1C(=O)OCC1CO1. The number of carbonyl (C=O) groups excluding carboxylic acids is 6. The van der Waals surface area contributed by atoms with Crippen LogP contribution in [0.2, 0.25) is 0 Å². The van der Waals surface area contributed by atoms with Gasteiger partial charge in [0.1, 0.15) is 25.4 Å². The number of ether oxygens (including phenoxy) is 6. The van der Waals surface area contributed by atoms with E-state index < -0.39 is 41.2 Å². The van der Waals surface area contributed by atoms with Crippen molar-refractivity contribution in [2.45, 2.75) is 57.7 Å². The summed E-state index contributed by atoms with van der Waals surface area (Å²) in [6, 6.07) is 3.92. The number of aliphatic carboxylic acids is 1. The topological polar surface area (TPSA) is 211 Å². The smallest absolute Gasteiger partial charge is 0.338 e. The van der Waals surface area contributed by atoms with Gasteiger partial charge in [-0.05, 0) is 68.2 Å². The molecule has 2 unspecified atom stereocenters. The molecule has 0 amide bonds. The van der Waals surface area contributed by atoms with Crippen molar-refractivity contribution in [1.82, 2.24) is 0 Å². The van der Waals surface area contributed by atoms with E-state index in [9.17, 15) is 39.0 Å². The maximum atomic E-state index is 12.5. The molecule has 2 aliphatic heterocycles. The summed E-state index contributed by atoms with van der Waals surface area (Å²) in [6.45, 7) is 9.86. The second-order valence-electron chi connectivity index (χ2n) is 11.4. The van der Waals surface area contributed by atoms with E-state index in [1.54, 1.807) is 6.92 Å². The van der Waals surface area contributed by atoms with Crippen molar-refractivity contribution in [3.05, 3.63) is 59.7 Å². The lowest BCUT2D eigenvalue weighted by molar-refractivity contribution is -0.313. The fourth-order valence-corrected chi connectivity index (χ4v) is 4.77. The van der Waals surface area contributed by atoms with Crippen molar-refractivity contribution in [2.75, 3.05) is 39.6 Å². The van der Waals surface area contributed by atoms with E-state index >= 15 is 0 Å². The first kappa shape index (κ1) is 36.9. The molecule has 47 heavy (non-hydrogen) atoms. The van der Waals surface area contributed by atoms with Crippen LogP contribution < -0.4 is 10.2 Å². The van der Waals surface area contributed by atoms with Gasteiger partial charge in [0.15, 0.2) is 0 Å². The van der Waals surface area contributed by atoms with Crippen LogP contribution in [0.5, 0.6) is 0 Å². The molecular weight excluding hydrogens is 620 g/mol. The second kappa shape index (κ2) is 17.4. The minimum atomic E-state index is -1.36. The third kappa shape index (κ3) is 12.0. The molecule has 0 aromatic heterocycles. The first-order valence-electron chi connectivity index (χ1n) is 15.1. The third-order valence-corrected chi connectivity index (χ3v) is 7.82. The van der Waals surface area contributed by atoms with Gasteiger partial charge < -0.3 is 48.2 Å². The highest BCUT2D eigenvalue weighted by Crippen LogP contribution is 2.43. The standard InChI is InChI=1S/C17H24O7.C16H16O7/c1-11(2)15(20)22-8-7-17(16(21)24-10-13-9-23-13)5-3-12(4-6-17)14(18)19;1-2-14(17)21-6-5-10-7-11(15(18)19)3-4-13(10)16(20)23-9-12-8-22-12/h12-13H,1,3-10H2,2H3,(H,18,19);2-4,7,12H,1,5-6,8-9H2,(H,18,19)/p-2. The van der Waals surface area contributed by atoms with Gasteiger partial charge in [0.05, 0.1) is 43.4 Å². The fourth-order valence-electron chi connectivity index (χ4n) is 4.77. The molecule has 0 N–H and O–H groups in total. The number of benzene rings is 1. The number of hydrogen-bond donors (Lipinski definition) is 0. The molecule has 3 fully saturated rings. The van der Waals surface area contributed by atoms with E-state index in [0.717, 1.165) is 6.08 Å². The molecular formula is C33H38O14-2. The van der Waals surface area contributed by atoms with Crippen LogP contribution in [0.1, 0.15) is 65.3 Å². The summed E-state index contributed by atoms with van der Waals surface area (Å²) in [7, 11) is 0. The van der Waals surface area contributed by atoms with E-state index in [4.69, 9.17) is 28.4 Å². The molecule has 2 heterocycles. The molecule has 0 radical (unpaired) electrons. The number of aromatic carboxylic acids is 1. The number of carboxylic acid groups (broad SMARTS) is 2. The van der Waals surface area contributed by atoms with E-state index in [1.807, 2.05) is 0 Å². The van der Waals surface area contributed by atoms with E-state index in [0.29, 0.717) is 50.9 Å². The number of hydrogen-bond acceptors (Lipinski definition) is 14. The van der Waals surface area contributed by atoms with Gasteiger partial charge in [0.25, 0.3) is 0 Å². The predicted molar refractivity (Wildman–Crippen MR) is 156 cm³/mol. The van der Waals surface area contributed by atoms with Crippen molar-refractivity contribution in [2.24, 2.45) is 11.3 Å². The predicted octanol–water partition coefficient (Wildman–Crippen LogP) is 0.242. The summed E-state index contributed by atoms with van der Waals surface area (Å²) >= 11 is 0. The summed E-state index contributed by atoms with van der Waals surface area (Å²) < 4.78 is 30.3. The van der Waals surface area contributed by atoms with Crippen LogP contribution in [0.4, 0.5) is 0 Å². The number of rotatable bonds is 16. The largest absolute Gasteiger partial charge is 0.550 e. The Balaban J connectivity index is 0.000000256. The quantitative estimate of drug-likeness (QED) is 0.101. The normalized spacial score (nSPS) is 22.3. The van der Waals surface area contributed by atoms with Gasteiger partial charge in [-0.2, -0.15) is 0 Å². The van der Waals surface area contributed by atoms with Gasteiger partial charge in [-0.15, -0.1) is 0 Å². The van der Waals surface area contributed by atoms with E-state index in [2.05, 4.69) is 13.2 Å². The zero-order valence-electron chi connectivity index (χ0n) is 26.2. The van der Waals surface area contributed by atoms with Crippen molar-refractivity contribution in [1.29, 1.82) is 0 Å². The molecule has 1 aliphatic carbocycles. The highest BCUT2D eigenvalue weighted by Gasteiger charge is 2.44. The highest BCUT2D eigenvalue weighted by molar-refractivity contribution is 5.94. The lowest BCUT2D eigenvalue weighted by atomic mass is 9.68. The van der Waals surface area contributed by atoms with Crippen molar-refractivity contribution in [3.8, 4) is 0 Å². The number of esters is 4. The summed E-state index contributed by atoms with van der Waals surface area (Å²) in [5.74, 6) is -5.06. The Kier molecular flexibility index (Phi) is 13.6. The Hall–Kier alpha value is -4.56. The lowest BCUT2D eigenvalue weighted by Crippen LogP contribution is -2.42. The summed E-state index contributed by atoms with van der Waals surface area (Å²) in [5, 5.41) is 22.0. The molecule has 0 bridgehead atoms. The number of epoxide rings is 2. The van der Waals surface area contributed by atoms with Gasteiger partial charge in [-0.3, -0.25) is 4.79 Å². The number of carbonyl (C=O) groups is 6. The molecule has 4 rings (SSSR count). The van der Waals surface area contributed by atoms with Crippen molar-refractivity contribution in [3.63, 3.8) is 0 Å². The van der Waals surface area contributed by atoms with Crippen LogP contribution >= 0.6 is 0 Å². The maximum Gasteiger partial charge on any atom is 0.338 e. The first-order chi connectivity index (χ1) is 22.3. The molecule has 14 heteroatoms. The van der Waals surface area contributed by atoms with Crippen LogP contribution in [-0.2, 0) is 54.0 Å². The minimum absolute atomic E-state index is 0.0205. The number of carboxylic acids is 2. The summed E-state index contributed by atoms with van der Waals surface area (Å²) in [4.78, 5) is 69.1. The Morgan fingerprint density at radius 2 is 1.55 bits per heavy atom. The van der Waals surface area contributed by atoms with E-state index in [1.165, 1.54) is 18.2 Å². The maximum absolute atomic E-state index is 12.5. The average molecular weight is 659 g/mol. The van der Waals surface area contributed by atoms with Crippen LogP contribution in [0, 0.1) is 11.3 Å². The van der Waals surface area contributed by atoms with Crippen molar-refractivity contribution >= 4 is 35.8 Å². The van der Waals surface area contributed by atoms with Crippen LogP contribution in [0.25, 0.3) is 0 Å². The Morgan fingerprint density at radius 3 is 2.09 bits per heavy atom. The van der Waals surface area contributed by atoms with Gasteiger partial charge in [0, 0.05) is 24.0 Å². The first-order valence-corrected chi connectivity index (χ1v) is 15.1. The van der Waals surface area contributed by atoms with Crippen molar-refractivity contribution < 1.29 is 67.4 Å². The summed E-state index contributed by atoms with van der Waals surface area (Å²) in [6.07, 6.45) is 2.83. The van der Waals surface area contributed by atoms with Gasteiger partial charge >= 0.3 is 23.9 Å². The zero-order valence-corrected chi connectivity index (χ0v) is 26.2. The molecule has 256 valence electrons. The molecule has 3 aliphatic rings. The molecule has 0 spiro atoms. The van der Waals surface area contributed by atoms with Gasteiger partial charge in [-0.25, -0.2) is 14.4 Å². The van der Waals surface area contributed by atoms with E-state index in [-0.39, 0.29) is 67.7 Å². The molecule has 2 saturated heterocycles. The van der Waals surface area contributed by atoms with Crippen LogP contribution in [-0.4, -0.2) is 87.7 Å². The van der Waals surface area contributed by atoms with Gasteiger partial charge in [-0.1, -0.05) is 19.2 Å². The highest BCUT2D eigenvalue weighted by atomic mass is 16.6. The third-order valence-electron chi connectivity index (χ3n) is 7.82. The lowest BCUT2D eigenvalue weighted by Gasteiger charge is -2.38. The zero-order chi connectivity index (χ0) is 34.6. The Morgan fingerprint density at radius 1 is 0.936 bits per heavy atom. The monoisotopic (exact) mass is 658 g/mol. The van der Waals surface area contributed by atoms with Crippen LogP contribution in [0.3, 0.4) is 0 Å². The second-order valence-corrected chi connectivity index (χ2v) is 11.4. The molecule has 1 aromatic rings. The van der Waals surface area contributed by atoms with Gasteiger partial charge in [0.2, 0.25) is 0 Å². The van der Waals surface area contributed by atoms with Crippen LogP contribution in [0.15, 0.2) is 43.0 Å². The molecule has 2 atom stereocenters. The molecule has 1 saturated carbocycles. The molecule has 1 aromatic carbocycles. The molecule has 14 nitrogen and oxygen atoms in total. The average Bonchev–Trinajstić information content (AvgIpc) is 3.98.